The number of methoxy groups -OCH3 is 1. The van der Waals surface area contributed by atoms with Gasteiger partial charge in [-0.3, -0.25) is 45.3 Å². The maximum atomic E-state index is 13.1. The molecule has 5 aromatic rings. The number of aromatic hydroxyl groups is 2. The Balaban J connectivity index is 0.883. The number of carbonyl (C=O) groups excluding carboxylic acids is 4. The van der Waals surface area contributed by atoms with E-state index in [2.05, 4.69) is 30.9 Å². The van der Waals surface area contributed by atoms with Crippen LogP contribution in [0.1, 0.15) is 76.1 Å². The lowest BCUT2D eigenvalue weighted by Gasteiger charge is -2.28. The number of amidine groups is 3. The highest BCUT2D eigenvalue weighted by molar-refractivity contribution is 6.48. The monoisotopic (exact) mass is 981 g/mol. The molecule has 0 atom stereocenters. The van der Waals surface area contributed by atoms with Gasteiger partial charge in [-0.05, 0) is 91.4 Å². The molecule has 2 aliphatic rings. The molecule has 72 heavy (non-hydrogen) atoms. The average molecular weight is 982 g/mol. The van der Waals surface area contributed by atoms with Crippen molar-refractivity contribution in [3.63, 3.8) is 0 Å². The first kappa shape index (κ1) is 50.8. The summed E-state index contributed by atoms with van der Waals surface area (Å²) in [5.74, 6) is -1.23. The van der Waals surface area contributed by atoms with Gasteiger partial charge >= 0.3 is 6.09 Å². The molecule has 3 heterocycles. The van der Waals surface area contributed by atoms with Gasteiger partial charge in [0, 0.05) is 68.5 Å². The summed E-state index contributed by atoms with van der Waals surface area (Å²) in [5.41, 5.74) is 8.78. The second kappa shape index (κ2) is 22.6. The summed E-state index contributed by atoms with van der Waals surface area (Å²) in [6, 6.07) is 19.1. The third kappa shape index (κ3) is 11.5. The molecule has 1 aromatic heterocycles. The van der Waals surface area contributed by atoms with E-state index in [1.807, 2.05) is 24.8 Å². The summed E-state index contributed by atoms with van der Waals surface area (Å²) in [6.45, 7) is 7.45. The van der Waals surface area contributed by atoms with Gasteiger partial charge in [-0.1, -0.05) is 26.0 Å². The standard InChI is InChI=1S/C50H55N13O9/c1-6-54-47(68)43(52)63(42(51)36-24-35(28(2)3)37(64)25-38(36)65)32-12-10-30(11-13-32)45(66)56-19-18-29-8-14-33(15-9-29)72-50(69)61(4)21-7-23-71-39-17-16-34-40(41(39)70-5)59-49(62-22-20-55-44(34)62)60-46(67)31-26-57-48(53)58-27-31/h8-17,24-28,51-52,64-65H,6-7,18-23H2,1-5H3,(H,54,68)(H,56,66)(H2,53,57,58)(H,59,60,67). The summed E-state index contributed by atoms with van der Waals surface area (Å²) in [4.78, 5) is 73.4. The van der Waals surface area contributed by atoms with E-state index >= 15 is 0 Å². The van der Waals surface area contributed by atoms with Crippen LogP contribution in [0.2, 0.25) is 0 Å². The maximum absolute atomic E-state index is 13.1. The van der Waals surface area contributed by atoms with Crippen LogP contribution in [0.4, 0.5) is 22.1 Å². The number of rotatable bonds is 16. The van der Waals surface area contributed by atoms with Crippen LogP contribution in [0.5, 0.6) is 28.7 Å². The molecule has 0 unspecified atom stereocenters. The molecule has 9 N–H and O–H groups in total. The lowest BCUT2D eigenvalue weighted by Crippen LogP contribution is -2.47. The highest BCUT2D eigenvalue weighted by Crippen LogP contribution is 2.43. The molecule has 2 aliphatic heterocycles. The van der Waals surface area contributed by atoms with Gasteiger partial charge in [-0.15, -0.1) is 0 Å². The van der Waals surface area contributed by atoms with Crippen LogP contribution in [0.3, 0.4) is 0 Å². The Morgan fingerprint density at radius 1 is 0.917 bits per heavy atom. The van der Waals surface area contributed by atoms with Gasteiger partial charge in [-0.2, -0.15) is 0 Å². The minimum Gasteiger partial charge on any atom is -0.508 e. The topological polar surface area (TPSA) is 306 Å². The molecule has 4 aromatic carbocycles. The SMILES string of the molecule is CCNC(=O)C(=N)N(C(=N)c1cc(C(C)C)c(O)cc1O)c1ccc(C(=O)NCCc2ccc(OC(=O)N(C)CCCOc3ccc4c(c3OC)N=C(NC(=O)c3cnc(N)nc3)N3CCN=C43)cc2)cc1. The maximum Gasteiger partial charge on any atom is 0.414 e. The van der Waals surface area contributed by atoms with Crippen molar-refractivity contribution < 1.29 is 43.6 Å². The Morgan fingerprint density at radius 3 is 2.32 bits per heavy atom. The van der Waals surface area contributed by atoms with E-state index in [4.69, 9.17) is 35.8 Å². The largest absolute Gasteiger partial charge is 0.508 e. The zero-order valence-corrected chi connectivity index (χ0v) is 40.3. The fraction of sp³-hybridized carbons (Fsp3) is 0.280. The number of benzene rings is 4. The van der Waals surface area contributed by atoms with E-state index in [1.165, 1.54) is 54.7 Å². The predicted molar refractivity (Wildman–Crippen MR) is 269 cm³/mol. The van der Waals surface area contributed by atoms with E-state index in [0.717, 1.165) is 16.5 Å². The molecule has 22 heteroatoms. The number of carbonyl (C=O) groups is 4. The number of nitrogens with one attached hydrogen (secondary N) is 5. The van der Waals surface area contributed by atoms with Gasteiger partial charge in [-0.25, -0.2) is 19.8 Å². The molecule has 7 rings (SSSR count). The van der Waals surface area contributed by atoms with Crippen molar-refractivity contribution >= 4 is 64.6 Å². The molecular weight excluding hydrogens is 927 g/mol. The third-order valence-corrected chi connectivity index (χ3v) is 11.5. The number of hydrogen-bond donors (Lipinski definition) is 8. The first-order chi connectivity index (χ1) is 34.6. The number of amides is 4. The Morgan fingerprint density at radius 2 is 1.64 bits per heavy atom. The van der Waals surface area contributed by atoms with Gasteiger partial charge < -0.3 is 45.7 Å². The van der Waals surface area contributed by atoms with E-state index in [-0.39, 0.29) is 77.4 Å². The van der Waals surface area contributed by atoms with Crippen molar-refractivity contribution in [1.29, 1.82) is 10.8 Å². The Hall–Kier alpha value is -9.08. The zero-order valence-electron chi connectivity index (χ0n) is 40.3. The van der Waals surface area contributed by atoms with Gasteiger partial charge in [0.1, 0.15) is 34.6 Å². The Labute approximate surface area is 414 Å². The fourth-order valence-corrected chi connectivity index (χ4v) is 7.67. The molecule has 4 amide bonds. The quantitative estimate of drug-likeness (QED) is 0.0370. The molecule has 0 aliphatic carbocycles. The molecule has 0 saturated carbocycles. The number of nitrogens with zero attached hydrogens (tertiary/aromatic N) is 7. The molecule has 0 saturated heterocycles. The van der Waals surface area contributed by atoms with Crippen molar-refractivity contribution in [2.24, 2.45) is 9.98 Å². The zero-order chi connectivity index (χ0) is 51.6. The van der Waals surface area contributed by atoms with Crippen LogP contribution in [0.15, 0.2) is 95.2 Å². The average Bonchev–Trinajstić information content (AvgIpc) is 3.87. The van der Waals surface area contributed by atoms with Crippen molar-refractivity contribution in [3.8, 4) is 28.7 Å². The number of phenols is 2. The number of nitrogen functional groups attached to an aromatic ring is 1. The summed E-state index contributed by atoms with van der Waals surface area (Å²) in [6.07, 6.45) is 3.00. The number of hydrogen-bond acceptors (Lipinski definition) is 17. The minimum atomic E-state index is -0.753. The summed E-state index contributed by atoms with van der Waals surface area (Å²) < 4.78 is 17.4. The number of likely N-dealkylation sites (N-methyl/N-ethyl adjacent to an activating group) is 1. The fourth-order valence-electron chi connectivity index (χ4n) is 7.67. The van der Waals surface area contributed by atoms with Gasteiger partial charge in [0.15, 0.2) is 17.3 Å². The summed E-state index contributed by atoms with van der Waals surface area (Å²) in [7, 11) is 3.11. The molecule has 0 bridgehead atoms. The highest BCUT2D eigenvalue weighted by atomic mass is 16.6. The van der Waals surface area contributed by atoms with Crippen LogP contribution in [0, 0.1) is 10.8 Å². The minimum absolute atomic E-state index is 0.00247. The third-order valence-electron chi connectivity index (χ3n) is 11.5. The number of phenolic OH excluding ortho intramolecular Hbond substituents is 2. The number of guanidine groups is 1. The van der Waals surface area contributed by atoms with Crippen LogP contribution in [-0.4, -0.2) is 131 Å². The lowest BCUT2D eigenvalue weighted by atomic mass is 9.98. The highest BCUT2D eigenvalue weighted by Gasteiger charge is 2.34. The van der Waals surface area contributed by atoms with E-state index in [1.54, 1.807) is 44.3 Å². The molecule has 0 spiro atoms. The second-order valence-electron chi connectivity index (χ2n) is 16.7. The van der Waals surface area contributed by atoms with Crippen molar-refractivity contribution in [2.45, 2.75) is 39.5 Å². The number of nitrogens with two attached hydrogens (primary N) is 1. The molecule has 374 valence electrons. The van der Waals surface area contributed by atoms with Gasteiger partial charge in [0.05, 0.1) is 31.4 Å². The van der Waals surface area contributed by atoms with Crippen molar-refractivity contribution in [3.05, 3.63) is 119 Å². The number of aliphatic imine (C=N–C) groups is 2. The van der Waals surface area contributed by atoms with Crippen LogP contribution >= 0.6 is 0 Å². The van der Waals surface area contributed by atoms with E-state index in [0.29, 0.717) is 72.4 Å². The molecule has 22 nitrogen and oxygen atoms in total. The normalized spacial score (nSPS) is 12.4. The van der Waals surface area contributed by atoms with E-state index < -0.39 is 29.5 Å². The number of aromatic nitrogens is 2. The summed E-state index contributed by atoms with van der Waals surface area (Å²) in [5, 5.41) is 46.9. The first-order valence-electron chi connectivity index (χ1n) is 22.9. The number of anilines is 2. The lowest BCUT2D eigenvalue weighted by molar-refractivity contribution is -0.114. The van der Waals surface area contributed by atoms with E-state index in [9.17, 15) is 29.4 Å². The van der Waals surface area contributed by atoms with Crippen LogP contribution in [0.25, 0.3) is 0 Å². The van der Waals surface area contributed by atoms with Gasteiger partial charge in [0.25, 0.3) is 17.7 Å². The molecule has 0 radical (unpaired) electrons. The Kier molecular flexibility index (Phi) is 15.9. The predicted octanol–water partition coefficient (Wildman–Crippen LogP) is 4.91. The first-order valence-corrected chi connectivity index (χ1v) is 22.9. The van der Waals surface area contributed by atoms with Crippen molar-refractivity contribution in [1.82, 2.24) is 35.7 Å². The van der Waals surface area contributed by atoms with Crippen LogP contribution < -0.4 is 40.8 Å². The number of fused-ring (bicyclic) bond motifs is 3. The van der Waals surface area contributed by atoms with Crippen molar-refractivity contribution in [2.75, 3.05) is 64.1 Å². The van der Waals surface area contributed by atoms with Crippen LogP contribution in [-0.2, 0) is 11.2 Å². The molecular formula is C50H55N13O9. The molecule has 0 fully saturated rings. The smallest absolute Gasteiger partial charge is 0.414 e. The summed E-state index contributed by atoms with van der Waals surface area (Å²) >= 11 is 0. The van der Waals surface area contributed by atoms with Gasteiger partial charge in [0.2, 0.25) is 11.9 Å². The number of ether oxygens (including phenoxy) is 3. The second-order valence-corrected chi connectivity index (χ2v) is 16.7. The Bertz CT molecular complexity index is 2940.